The van der Waals surface area contributed by atoms with Crippen LogP contribution in [0.3, 0.4) is 0 Å². The lowest BCUT2D eigenvalue weighted by atomic mass is 10.00. The quantitative estimate of drug-likeness (QED) is 0.372. The molecule has 0 saturated heterocycles. The van der Waals surface area contributed by atoms with E-state index in [4.69, 9.17) is 0 Å². The van der Waals surface area contributed by atoms with E-state index in [1.54, 1.807) is 6.20 Å². The number of nitrogens with one attached hydrogen (secondary N) is 2. The molecule has 146 valence electrons. The maximum absolute atomic E-state index is 13.0. The fraction of sp³-hybridized carbons (Fsp3) is 0.409. The number of anilines is 1. The van der Waals surface area contributed by atoms with Crippen LogP contribution in [0.5, 0.6) is 0 Å². The fourth-order valence-electron chi connectivity index (χ4n) is 3.87. The minimum atomic E-state index is -0.970. The molecule has 5 nitrogen and oxygen atoms in total. The Morgan fingerprint density at radius 1 is 1.14 bits per heavy atom. The third-order valence-corrected chi connectivity index (χ3v) is 7.83. The number of hydrogen-bond acceptors (Lipinski definition) is 3. The average Bonchev–Trinajstić information content (AvgIpc) is 3.35. The van der Waals surface area contributed by atoms with Gasteiger partial charge in [0, 0.05) is 29.4 Å². The Morgan fingerprint density at radius 3 is 2.68 bits per heavy atom. The van der Waals surface area contributed by atoms with Gasteiger partial charge in [-0.15, -0.1) is 0 Å². The molecule has 2 aliphatic carbocycles. The second kappa shape index (κ2) is 7.01. The molecule has 2 saturated carbocycles. The summed E-state index contributed by atoms with van der Waals surface area (Å²) in [6, 6.07) is 10.0. The van der Waals surface area contributed by atoms with Crippen LogP contribution in [0.25, 0.3) is 22.2 Å². The molecular formula is C22H25N3O2S. The number of benzene rings is 1. The highest BCUT2D eigenvalue weighted by atomic mass is 32.2. The van der Waals surface area contributed by atoms with Gasteiger partial charge < -0.3 is 15.1 Å². The van der Waals surface area contributed by atoms with E-state index in [1.807, 2.05) is 25.1 Å². The van der Waals surface area contributed by atoms with Crippen LogP contribution in [0.4, 0.5) is 5.69 Å². The van der Waals surface area contributed by atoms with E-state index in [9.17, 15) is 9.76 Å². The van der Waals surface area contributed by atoms with Gasteiger partial charge in [0.15, 0.2) is 4.90 Å². The predicted octanol–water partition coefficient (Wildman–Crippen LogP) is 4.26. The fourth-order valence-corrected chi connectivity index (χ4v) is 5.45. The molecule has 28 heavy (non-hydrogen) atoms. The zero-order valence-corrected chi connectivity index (χ0v) is 16.8. The van der Waals surface area contributed by atoms with Crippen LogP contribution in [0.1, 0.15) is 37.8 Å². The van der Waals surface area contributed by atoms with E-state index >= 15 is 0 Å². The van der Waals surface area contributed by atoms with E-state index < -0.39 is 11.2 Å². The molecule has 6 heteroatoms. The monoisotopic (exact) mass is 395 g/mol. The summed E-state index contributed by atoms with van der Waals surface area (Å²) >= 11 is -0.970. The number of hydrogen-bond donors (Lipinski definition) is 2. The molecule has 2 aromatic heterocycles. The normalized spacial score (nSPS) is 18.2. The van der Waals surface area contributed by atoms with Crippen molar-refractivity contribution < 1.29 is 9.28 Å². The largest absolute Gasteiger partial charge is 0.710 e. The molecule has 2 fully saturated rings. The minimum Gasteiger partial charge on any atom is -0.710 e. The second-order valence-electron chi connectivity index (χ2n) is 8.12. The van der Waals surface area contributed by atoms with Crippen LogP contribution in [0.15, 0.2) is 41.4 Å². The topological polar surface area (TPSA) is 77.8 Å². The lowest BCUT2D eigenvalue weighted by Crippen LogP contribution is -2.31. The summed E-state index contributed by atoms with van der Waals surface area (Å²) in [5, 5.41) is 17.2. The Labute approximate surface area is 167 Å². The molecule has 3 aromatic rings. The Kier molecular flexibility index (Phi) is 4.48. The standard InChI is InChI=1S/C22H25N3O2S/c1-14-11-19(18-9-10-23-22(18)25(14)26)20-12-17(28(27)16-3-2-4-16)7-8-21(20)24-13-15-5-6-15/h7-12,15-16,23-24H,2-6,13H2,1H3. The highest BCUT2D eigenvalue weighted by Crippen LogP contribution is 2.38. The smallest absolute Gasteiger partial charge is 0.290 e. The number of pyridine rings is 1. The van der Waals surface area contributed by atoms with Gasteiger partial charge >= 0.3 is 0 Å². The van der Waals surface area contributed by atoms with Crippen molar-refractivity contribution in [3.63, 3.8) is 0 Å². The van der Waals surface area contributed by atoms with Gasteiger partial charge in [-0.1, -0.05) is 0 Å². The SMILES string of the molecule is Cc1cc(-c2cc([S+]([O-])C3CCC3)ccc2NCC2CC2)c2cc[nH]c2[n+]1[O-]. The molecule has 2 N–H and O–H groups in total. The molecule has 0 radical (unpaired) electrons. The van der Waals surface area contributed by atoms with Gasteiger partial charge in [-0.3, -0.25) is 0 Å². The van der Waals surface area contributed by atoms with Gasteiger partial charge in [-0.25, -0.2) is 9.71 Å². The van der Waals surface area contributed by atoms with Gasteiger partial charge in [0.05, 0.1) is 11.6 Å². The second-order valence-corrected chi connectivity index (χ2v) is 9.85. The number of aromatic nitrogens is 2. The van der Waals surface area contributed by atoms with Crippen molar-refractivity contribution in [3.05, 3.63) is 47.4 Å². The molecule has 0 bridgehead atoms. The molecule has 1 aromatic carbocycles. The first-order chi connectivity index (χ1) is 13.6. The zero-order valence-electron chi connectivity index (χ0n) is 16.0. The van der Waals surface area contributed by atoms with Crippen molar-refractivity contribution in [2.24, 2.45) is 5.92 Å². The summed E-state index contributed by atoms with van der Waals surface area (Å²) in [5.74, 6) is 0.755. The van der Waals surface area contributed by atoms with Crippen molar-refractivity contribution >= 4 is 27.9 Å². The molecule has 2 heterocycles. The van der Waals surface area contributed by atoms with Crippen molar-refractivity contribution in [2.45, 2.75) is 49.2 Å². The third kappa shape index (κ3) is 3.14. The number of aromatic amines is 1. The first-order valence-electron chi connectivity index (χ1n) is 10.1. The highest BCUT2D eigenvalue weighted by Gasteiger charge is 2.31. The van der Waals surface area contributed by atoms with E-state index in [1.165, 1.54) is 19.3 Å². The number of aryl methyl sites for hydroxylation is 1. The van der Waals surface area contributed by atoms with Crippen LogP contribution in [-0.4, -0.2) is 21.3 Å². The van der Waals surface area contributed by atoms with Crippen molar-refractivity contribution in [1.29, 1.82) is 0 Å². The van der Waals surface area contributed by atoms with E-state index in [0.29, 0.717) is 11.3 Å². The first-order valence-corrected chi connectivity index (χ1v) is 11.3. The molecule has 5 rings (SSSR count). The maximum Gasteiger partial charge on any atom is 0.290 e. The first kappa shape index (κ1) is 17.9. The number of nitrogens with zero attached hydrogens (tertiary/aromatic N) is 1. The number of rotatable bonds is 6. The van der Waals surface area contributed by atoms with E-state index in [-0.39, 0.29) is 5.25 Å². The Balaban J connectivity index is 1.62. The summed E-state index contributed by atoms with van der Waals surface area (Å²) in [6.45, 7) is 2.78. The number of fused-ring (bicyclic) bond motifs is 1. The van der Waals surface area contributed by atoms with Crippen LogP contribution < -0.4 is 10.0 Å². The van der Waals surface area contributed by atoms with Crippen LogP contribution >= 0.6 is 0 Å². The summed E-state index contributed by atoms with van der Waals surface area (Å²) < 4.78 is 13.9. The van der Waals surface area contributed by atoms with Gasteiger partial charge in [0.25, 0.3) is 5.65 Å². The zero-order chi connectivity index (χ0) is 19.3. The van der Waals surface area contributed by atoms with Gasteiger partial charge in [0.2, 0.25) is 0 Å². The van der Waals surface area contributed by atoms with Gasteiger partial charge in [0.1, 0.15) is 10.9 Å². The molecule has 1 unspecified atom stereocenters. The van der Waals surface area contributed by atoms with Crippen LogP contribution in [0, 0.1) is 18.0 Å². The summed E-state index contributed by atoms with van der Waals surface area (Å²) in [5.41, 5.74) is 4.29. The summed E-state index contributed by atoms with van der Waals surface area (Å²) in [6.07, 6.45) is 7.65. The lowest BCUT2D eigenvalue weighted by Gasteiger charge is -2.28. The Hall–Kier alpha value is -2.18. The van der Waals surface area contributed by atoms with Crippen molar-refractivity contribution in [3.8, 4) is 11.1 Å². The van der Waals surface area contributed by atoms with E-state index in [2.05, 4.69) is 22.4 Å². The summed E-state index contributed by atoms with van der Waals surface area (Å²) in [4.78, 5) is 3.95. The van der Waals surface area contributed by atoms with Crippen molar-refractivity contribution in [2.75, 3.05) is 11.9 Å². The van der Waals surface area contributed by atoms with E-state index in [0.717, 1.165) is 57.1 Å². The predicted molar refractivity (Wildman–Crippen MR) is 113 cm³/mol. The number of H-pyrrole nitrogens is 1. The minimum absolute atomic E-state index is 0.284. The molecule has 0 spiro atoms. The molecular weight excluding hydrogens is 370 g/mol. The van der Waals surface area contributed by atoms with Gasteiger partial charge in [-0.05, 0) is 80.4 Å². The van der Waals surface area contributed by atoms with Gasteiger partial charge in [-0.2, -0.15) is 0 Å². The maximum atomic E-state index is 13.0. The molecule has 2 aliphatic rings. The molecule has 0 amide bonds. The Bertz CT molecular complexity index is 1020. The average molecular weight is 396 g/mol. The third-order valence-electron chi connectivity index (χ3n) is 6.04. The lowest BCUT2D eigenvalue weighted by molar-refractivity contribution is -0.586. The van der Waals surface area contributed by atoms with Crippen molar-refractivity contribution in [1.82, 2.24) is 4.98 Å². The molecule has 0 aliphatic heterocycles. The highest BCUT2D eigenvalue weighted by molar-refractivity contribution is 7.92. The van der Waals surface area contributed by atoms with Crippen LogP contribution in [-0.2, 0) is 11.2 Å². The summed E-state index contributed by atoms with van der Waals surface area (Å²) in [7, 11) is 0. The van der Waals surface area contributed by atoms with Crippen LogP contribution in [0.2, 0.25) is 0 Å². The Morgan fingerprint density at radius 2 is 1.96 bits per heavy atom. The molecule has 1 atom stereocenters.